The van der Waals surface area contributed by atoms with Crippen molar-refractivity contribution in [2.24, 2.45) is 0 Å². The molecule has 0 spiro atoms. The Kier molecular flexibility index (Phi) is 4.64. The van der Waals surface area contributed by atoms with Crippen molar-refractivity contribution >= 4 is 23.5 Å². The fourth-order valence-corrected chi connectivity index (χ4v) is 2.95. The molecule has 0 aromatic heterocycles. The van der Waals surface area contributed by atoms with Gasteiger partial charge in [0.25, 0.3) is 5.91 Å². The first-order valence-corrected chi connectivity index (χ1v) is 7.78. The van der Waals surface area contributed by atoms with E-state index in [4.69, 9.17) is 0 Å². The molecule has 1 aromatic carbocycles. The Bertz CT molecular complexity index is 470. The molecule has 102 valence electrons. The van der Waals surface area contributed by atoms with Crippen LogP contribution in [0.25, 0.3) is 0 Å². The van der Waals surface area contributed by atoms with E-state index in [1.807, 2.05) is 35.4 Å². The molecule has 0 aliphatic carbocycles. The fraction of sp³-hybridized carbons (Fsp3) is 0.467. The second-order valence-corrected chi connectivity index (χ2v) is 5.81. The summed E-state index contributed by atoms with van der Waals surface area (Å²) in [6, 6.07) is 7.77. The first kappa shape index (κ1) is 14.1. The minimum Gasteiger partial charge on any atom is -0.335 e. The van der Waals surface area contributed by atoms with Crippen molar-refractivity contribution in [3.05, 3.63) is 29.8 Å². The standard InChI is InChI=1S/C15H19NO2S/c1-11(17)10-13-4-3-9-16(13)15(18)12-5-7-14(19-2)8-6-12/h5-8,13H,3-4,9-10H2,1-2H3. The topological polar surface area (TPSA) is 37.4 Å². The van der Waals surface area contributed by atoms with Crippen LogP contribution in [-0.4, -0.2) is 35.4 Å². The van der Waals surface area contributed by atoms with E-state index in [2.05, 4.69) is 0 Å². The van der Waals surface area contributed by atoms with Gasteiger partial charge in [-0.25, -0.2) is 0 Å². The molecule has 0 radical (unpaired) electrons. The van der Waals surface area contributed by atoms with Crippen LogP contribution in [0.2, 0.25) is 0 Å². The third-order valence-electron chi connectivity index (χ3n) is 3.50. The second kappa shape index (κ2) is 6.24. The molecular weight excluding hydrogens is 258 g/mol. The van der Waals surface area contributed by atoms with Crippen LogP contribution in [0.3, 0.4) is 0 Å². The molecule has 1 aliphatic rings. The predicted octanol–water partition coefficient (Wildman–Crippen LogP) is 2.99. The normalized spacial score (nSPS) is 18.6. The summed E-state index contributed by atoms with van der Waals surface area (Å²) in [5, 5.41) is 0. The van der Waals surface area contributed by atoms with Gasteiger partial charge in [-0.05, 0) is 50.3 Å². The van der Waals surface area contributed by atoms with E-state index in [0.717, 1.165) is 24.3 Å². The first-order chi connectivity index (χ1) is 9.11. The predicted molar refractivity (Wildman–Crippen MR) is 77.6 cm³/mol. The summed E-state index contributed by atoms with van der Waals surface area (Å²) in [6.07, 6.45) is 4.43. The van der Waals surface area contributed by atoms with Crippen molar-refractivity contribution in [1.29, 1.82) is 0 Å². The van der Waals surface area contributed by atoms with Gasteiger partial charge in [0.05, 0.1) is 0 Å². The number of benzene rings is 1. The number of Topliss-reactive ketones (excluding diaryl/α,β-unsaturated/α-hetero) is 1. The molecule has 1 fully saturated rings. The Hall–Kier alpha value is -1.29. The number of hydrogen-bond donors (Lipinski definition) is 0. The quantitative estimate of drug-likeness (QED) is 0.794. The van der Waals surface area contributed by atoms with Crippen molar-refractivity contribution in [1.82, 2.24) is 4.90 Å². The van der Waals surface area contributed by atoms with Crippen LogP contribution in [-0.2, 0) is 4.79 Å². The Morgan fingerprint density at radius 3 is 2.58 bits per heavy atom. The number of thioether (sulfide) groups is 1. The van der Waals surface area contributed by atoms with E-state index < -0.39 is 0 Å². The summed E-state index contributed by atoms with van der Waals surface area (Å²) in [7, 11) is 0. The summed E-state index contributed by atoms with van der Waals surface area (Å²) in [5.41, 5.74) is 0.716. The summed E-state index contributed by atoms with van der Waals surface area (Å²) >= 11 is 1.66. The van der Waals surface area contributed by atoms with Crippen molar-refractivity contribution in [2.45, 2.75) is 37.1 Å². The molecule has 0 N–H and O–H groups in total. The van der Waals surface area contributed by atoms with Crippen LogP contribution in [0.5, 0.6) is 0 Å². The first-order valence-electron chi connectivity index (χ1n) is 6.56. The SMILES string of the molecule is CSc1ccc(C(=O)N2CCCC2CC(C)=O)cc1. The fourth-order valence-electron chi connectivity index (χ4n) is 2.55. The Balaban J connectivity index is 2.11. The maximum atomic E-state index is 12.4. The average molecular weight is 277 g/mol. The van der Waals surface area contributed by atoms with Crippen molar-refractivity contribution in [3.8, 4) is 0 Å². The lowest BCUT2D eigenvalue weighted by Gasteiger charge is -2.24. The van der Waals surface area contributed by atoms with E-state index in [0.29, 0.717) is 12.0 Å². The summed E-state index contributed by atoms with van der Waals surface area (Å²) in [4.78, 5) is 26.7. The van der Waals surface area contributed by atoms with Gasteiger partial charge in [-0.2, -0.15) is 0 Å². The van der Waals surface area contributed by atoms with Crippen molar-refractivity contribution in [2.75, 3.05) is 12.8 Å². The molecule has 0 saturated carbocycles. The van der Waals surface area contributed by atoms with E-state index in [9.17, 15) is 9.59 Å². The van der Waals surface area contributed by atoms with Crippen LogP contribution < -0.4 is 0 Å². The molecule has 4 heteroatoms. The highest BCUT2D eigenvalue weighted by molar-refractivity contribution is 7.98. The molecule has 0 bridgehead atoms. The van der Waals surface area contributed by atoms with Gasteiger partial charge in [-0.1, -0.05) is 0 Å². The molecule has 1 heterocycles. The van der Waals surface area contributed by atoms with Crippen LogP contribution >= 0.6 is 11.8 Å². The lowest BCUT2D eigenvalue weighted by atomic mass is 10.1. The van der Waals surface area contributed by atoms with Gasteiger partial charge in [0.2, 0.25) is 0 Å². The largest absolute Gasteiger partial charge is 0.335 e. The Morgan fingerprint density at radius 2 is 2.00 bits per heavy atom. The minimum absolute atomic E-state index is 0.0522. The maximum absolute atomic E-state index is 12.4. The van der Waals surface area contributed by atoms with Gasteiger partial charge < -0.3 is 4.90 Å². The van der Waals surface area contributed by atoms with Crippen molar-refractivity contribution < 1.29 is 9.59 Å². The van der Waals surface area contributed by atoms with E-state index >= 15 is 0 Å². The molecule has 19 heavy (non-hydrogen) atoms. The van der Waals surface area contributed by atoms with Crippen LogP contribution in [0.1, 0.15) is 36.5 Å². The number of likely N-dealkylation sites (tertiary alicyclic amines) is 1. The molecule has 3 nitrogen and oxygen atoms in total. The smallest absolute Gasteiger partial charge is 0.254 e. The highest BCUT2D eigenvalue weighted by atomic mass is 32.2. The molecule has 1 amide bonds. The highest BCUT2D eigenvalue weighted by Gasteiger charge is 2.29. The zero-order valence-corrected chi connectivity index (χ0v) is 12.2. The summed E-state index contributed by atoms with van der Waals surface area (Å²) in [6.45, 7) is 2.36. The van der Waals surface area contributed by atoms with Crippen molar-refractivity contribution in [3.63, 3.8) is 0 Å². The van der Waals surface area contributed by atoms with Gasteiger partial charge in [0.15, 0.2) is 0 Å². The number of carbonyl (C=O) groups excluding carboxylic acids is 2. The molecule has 1 aromatic rings. The third-order valence-corrected chi connectivity index (χ3v) is 4.24. The van der Waals surface area contributed by atoms with Gasteiger partial charge in [0.1, 0.15) is 5.78 Å². The van der Waals surface area contributed by atoms with E-state index in [1.165, 1.54) is 0 Å². The molecule has 1 atom stereocenters. The second-order valence-electron chi connectivity index (χ2n) is 4.93. The zero-order valence-electron chi connectivity index (χ0n) is 11.4. The van der Waals surface area contributed by atoms with Gasteiger partial charge in [-0.15, -0.1) is 11.8 Å². The van der Waals surface area contributed by atoms with Crippen LogP contribution in [0.4, 0.5) is 0 Å². The molecule has 1 aliphatic heterocycles. The summed E-state index contributed by atoms with van der Waals surface area (Å²) in [5.74, 6) is 0.207. The minimum atomic E-state index is 0.0522. The average Bonchev–Trinajstić information content (AvgIpc) is 2.85. The van der Waals surface area contributed by atoms with Gasteiger partial charge >= 0.3 is 0 Å². The van der Waals surface area contributed by atoms with E-state index in [1.54, 1.807) is 18.7 Å². The number of carbonyl (C=O) groups is 2. The Labute approximate surface area is 118 Å². The number of rotatable bonds is 4. The van der Waals surface area contributed by atoms with E-state index in [-0.39, 0.29) is 17.7 Å². The van der Waals surface area contributed by atoms with Gasteiger partial charge in [-0.3, -0.25) is 9.59 Å². The zero-order chi connectivity index (χ0) is 13.8. The number of nitrogens with zero attached hydrogens (tertiary/aromatic N) is 1. The number of hydrogen-bond acceptors (Lipinski definition) is 3. The monoisotopic (exact) mass is 277 g/mol. The van der Waals surface area contributed by atoms with Gasteiger partial charge in [0, 0.05) is 29.5 Å². The molecule has 2 rings (SSSR count). The number of ketones is 1. The molecular formula is C15H19NO2S. The maximum Gasteiger partial charge on any atom is 0.254 e. The lowest BCUT2D eigenvalue weighted by Crippen LogP contribution is -2.36. The number of amides is 1. The Morgan fingerprint density at radius 1 is 1.32 bits per heavy atom. The van der Waals surface area contributed by atoms with Crippen LogP contribution in [0, 0.1) is 0 Å². The lowest BCUT2D eigenvalue weighted by molar-refractivity contribution is -0.117. The molecule has 1 saturated heterocycles. The summed E-state index contributed by atoms with van der Waals surface area (Å²) < 4.78 is 0. The molecule has 1 unspecified atom stereocenters. The third kappa shape index (κ3) is 3.38. The van der Waals surface area contributed by atoms with Crippen LogP contribution in [0.15, 0.2) is 29.2 Å². The highest BCUT2D eigenvalue weighted by Crippen LogP contribution is 2.23.